The van der Waals surface area contributed by atoms with Gasteiger partial charge in [-0.25, -0.2) is 0 Å². The molecule has 1 saturated heterocycles. The van der Waals surface area contributed by atoms with Crippen LogP contribution in [0.25, 0.3) is 0 Å². The zero-order chi connectivity index (χ0) is 16.1. The molecule has 1 fully saturated rings. The van der Waals surface area contributed by atoms with E-state index < -0.39 is 6.61 Å². The number of hydrogen-bond acceptors (Lipinski definition) is 3. The van der Waals surface area contributed by atoms with Gasteiger partial charge in [-0.05, 0) is 25.5 Å². The molecule has 1 aromatic carbocycles. The first-order valence-electron chi connectivity index (χ1n) is 7.43. The van der Waals surface area contributed by atoms with E-state index >= 15 is 0 Å². The summed E-state index contributed by atoms with van der Waals surface area (Å²) < 4.78 is 29.5. The minimum Gasteiger partial charge on any atom is -0.434 e. The third-order valence-electron chi connectivity index (χ3n) is 3.88. The Labute approximate surface area is 129 Å². The molecule has 2 rings (SSSR count). The second kappa shape index (κ2) is 7.54. The normalized spacial score (nSPS) is 19.2. The van der Waals surface area contributed by atoms with Crippen LogP contribution < -0.4 is 4.74 Å². The molecule has 1 aliphatic rings. The maximum Gasteiger partial charge on any atom is 0.387 e. The topological polar surface area (TPSA) is 32.8 Å². The lowest BCUT2D eigenvalue weighted by atomic mass is 9.96. The van der Waals surface area contributed by atoms with Crippen molar-refractivity contribution in [1.82, 2.24) is 9.80 Å². The van der Waals surface area contributed by atoms with E-state index in [1.165, 1.54) is 0 Å². The van der Waals surface area contributed by atoms with E-state index in [0.717, 1.165) is 24.9 Å². The number of likely N-dealkylation sites (tertiary alicyclic amines) is 1. The summed E-state index contributed by atoms with van der Waals surface area (Å²) in [6.45, 7) is -0.800. The molecule has 0 aliphatic carbocycles. The van der Waals surface area contributed by atoms with Crippen LogP contribution in [0.3, 0.4) is 0 Å². The molecule has 0 aromatic heterocycles. The Bertz CT molecular complexity index is 509. The number of amides is 1. The van der Waals surface area contributed by atoms with Gasteiger partial charge in [0.2, 0.25) is 5.91 Å². The predicted octanol–water partition coefficient (Wildman–Crippen LogP) is 2.59. The van der Waals surface area contributed by atoms with E-state index in [4.69, 9.17) is 0 Å². The van der Waals surface area contributed by atoms with Gasteiger partial charge in [0, 0.05) is 32.7 Å². The SMILES string of the molecule is CN(C)C(=O)C1CCCN(Cc2ccccc2OC(F)F)C1. The van der Waals surface area contributed by atoms with Crippen molar-refractivity contribution < 1.29 is 18.3 Å². The fraction of sp³-hybridized carbons (Fsp3) is 0.562. The molecule has 6 heteroatoms. The molecular formula is C16H22F2N2O2. The van der Waals surface area contributed by atoms with Gasteiger partial charge in [-0.2, -0.15) is 8.78 Å². The standard InChI is InChI=1S/C16H22F2N2O2/c1-19(2)15(21)13-7-5-9-20(11-13)10-12-6-3-4-8-14(12)22-16(17)18/h3-4,6,8,13,16H,5,7,9-11H2,1-2H3. The van der Waals surface area contributed by atoms with E-state index in [-0.39, 0.29) is 17.6 Å². The molecule has 4 nitrogen and oxygen atoms in total. The van der Waals surface area contributed by atoms with Crippen molar-refractivity contribution in [2.24, 2.45) is 5.92 Å². The number of ether oxygens (including phenoxy) is 1. The monoisotopic (exact) mass is 312 g/mol. The van der Waals surface area contributed by atoms with Crippen LogP contribution in [0.1, 0.15) is 18.4 Å². The van der Waals surface area contributed by atoms with Crippen molar-refractivity contribution in [1.29, 1.82) is 0 Å². The van der Waals surface area contributed by atoms with Gasteiger partial charge >= 0.3 is 6.61 Å². The lowest BCUT2D eigenvalue weighted by molar-refractivity contribution is -0.134. The number of para-hydroxylation sites is 1. The minimum absolute atomic E-state index is 0.0214. The van der Waals surface area contributed by atoms with Crippen LogP contribution in [0, 0.1) is 5.92 Å². The minimum atomic E-state index is -2.83. The molecule has 1 aromatic rings. The molecule has 22 heavy (non-hydrogen) atoms. The number of rotatable bonds is 5. The molecule has 0 N–H and O–H groups in total. The molecule has 1 amide bonds. The Morgan fingerprint density at radius 3 is 2.82 bits per heavy atom. The summed E-state index contributed by atoms with van der Waals surface area (Å²) in [5, 5.41) is 0. The molecular weight excluding hydrogens is 290 g/mol. The largest absolute Gasteiger partial charge is 0.434 e. The van der Waals surface area contributed by atoms with Crippen LogP contribution in [0.4, 0.5) is 8.78 Å². The van der Waals surface area contributed by atoms with Crippen molar-refractivity contribution in [3.05, 3.63) is 29.8 Å². The number of carbonyl (C=O) groups is 1. The Morgan fingerprint density at radius 2 is 2.14 bits per heavy atom. The summed E-state index contributed by atoms with van der Waals surface area (Å²) in [6, 6.07) is 6.82. The van der Waals surface area contributed by atoms with Crippen molar-refractivity contribution in [3.63, 3.8) is 0 Å². The number of nitrogens with zero attached hydrogens (tertiary/aromatic N) is 2. The van der Waals surface area contributed by atoms with Crippen LogP contribution in [-0.4, -0.2) is 49.5 Å². The number of hydrogen-bond donors (Lipinski definition) is 0. The van der Waals surface area contributed by atoms with Crippen molar-refractivity contribution >= 4 is 5.91 Å². The van der Waals surface area contributed by atoms with Gasteiger partial charge < -0.3 is 9.64 Å². The van der Waals surface area contributed by atoms with E-state index in [1.54, 1.807) is 43.3 Å². The second-order valence-corrected chi connectivity index (χ2v) is 5.79. The van der Waals surface area contributed by atoms with Crippen LogP contribution in [0.2, 0.25) is 0 Å². The fourth-order valence-corrected chi connectivity index (χ4v) is 2.85. The maximum atomic E-state index is 12.4. The number of halogens is 2. The fourth-order valence-electron chi connectivity index (χ4n) is 2.85. The Kier molecular flexibility index (Phi) is 5.71. The van der Waals surface area contributed by atoms with E-state index in [0.29, 0.717) is 13.1 Å². The lowest BCUT2D eigenvalue weighted by Gasteiger charge is -2.33. The highest BCUT2D eigenvalue weighted by Gasteiger charge is 2.27. The smallest absolute Gasteiger partial charge is 0.387 e. The van der Waals surface area contributed by atoms with Crippen LogP contribution in [0.5, 0.6) is 5.75 Å². The summed E-state index contributed by atoms with van der Waals surface area (Å²) in [5.74, 6) is 0.312. The predicted molar refractivity (Wildman–Crippen MR) is 79.8 cm³/mol. The first-order chi connectivity index (χ1) is 10.5. The Balaban J connectivity index is 2.03. The number of benzene rings is 1. The Morgan fingerprint density at radius 1 is 1.41 bits per heavy atom. The van der Waals surface area contributed by atoms with Gasteiger partial charge in [-0.1, -0.05) is 18.2 Å². The molecule has 1 atom stereocenters. The summed E-state index contributed by atoms with van der Waals surface area (Å²) in [5.41, 5.74) is 0.723. The number of piperidine rings is 1. The molecule has 1 unspecified atom stereocenters. The summed E-state index contributed by atoms with van der Waals surface area (Å²) in [4.78, 5) is 15.8. The molecule has 0 spiro atoms. The highest BCUT2D eigenvalue weighted by atomic mass is 19.3. The first-order valence-corrected chi connectivity index (χ1v) is 7.43. The van der Waals surface area contributed by atoms with Crippen molar-refractivity contribution in [2.45, 2.75) is 26.0 Å². The molecule has 0 saturated carbocycles. The number of alkyl halides is 2. The first kappa shape index (κ1) is 16.7. The van der Waals surface area contributed by atoms with Gasteiger partial charge in [0.1, 0.15) is 5.75 Å². The summed E-state index contributed by atoms with van der Waals surface area (Å²) >= 11 is 0. The van der Waals surface area contributed by atoms with Crippen LogP contribution in [0.15, 0.2) is 24.3 Å². The maximum absolute atomic E-state index is 12.4. The highest BCUT2D eigenvalue weighted by Crippen LogP contribution is 2.25. The molecule has 1 heterocycles. The van der Waals surface area contributed by atoms with Gasteiger partial charge in [-0.15, -0.1) is 0 Å². The quantitative estimate of drug-likeness (QED) is 0.838. The van der Waals surface area contributed by atoms with Gasteiger partial charge in [0.05, 0.1) is 5.92 Å². The van der Waals surface area contributed by atoms with E-state index in [2.05, 4.69) is 9.64 Å². The Hall–Kier alpha value is -1.69. The zero-order valence-electron chi connectivity index (χ0n) is 13.0. The summed E-state index contributed by atoms with van der Waals surface area (Å²) in [6.07, 6.45) is 1.81. The molecule has 0 radical (unpaired) electrons. The molecule has 122 valence electrons. The number of carbonyl (C=O) groups excluding carboxylic acids is 1. The lowest BCUT2D eigenvalue weighted by Crippen LogP contribution is -2.42. The van der Waals surface area contributed by atoms with Crippen LogP contribution in [-0.2, 0) is 11.3 Å². The van der Waals surface area contributed by atoms with Crippen molar-refractivity contribution in [3.8, 4) is 5.75 Å². The van der Waals surface area contributed by atoms with E-state index in [9.17, 15) is 13.6 Å². The van der Waals surface area contributed by atoms with Gasteiger partial charge in [0.25, 0.3) is 0 Å². The average molecular weight is 312 g/mol. The van der Waals surface area contributed by atoms with Gasteiger partial charge in [-0.3, -0.25) is 9.69 Å². The summed E-state index contributed by atoms with van der Waals surface area (Å²) in [7, 11) is 3.51. The third kappa shape index (κ3) is 4.40. The van der Waals surface area contributed by atoms with Crippen molar-refractivity contribution in [2.75, 3.05) is 27.2 Å². The average Bonchev–Trinajstić information content (AvgIpc) is 2.48. The molecule has 1 aliphatic heterocycles. The van der Waals surface area contributed by atoms with E-state index in [1.807, 2.05) is 0 Å². The van der Waals surface area contributed by atoms with Gasteiger partial charge in [0.15, 0.2) is 0 Å². The molecule has 0 bridgehead atoms. The highest BCUT2D eigenvalue weighted by molar-refractivity contribution is 5.78. The van der Waals surface area contributed by atoms with Crippen LogP contribution >= 0.6 is 0 Å². The second-order valence-electron chi connectivity index (χ2n) is 5.79. The third-order valence-corrected chi connectivity index (χ3v) is 3.88. The zero-order valence-corrected chi connectivity index (χ0v) is 13.0.